The van der Waals surface area contributed by atoms with Gasteiger partial charge in [0.2, 0.25) is 0 Å². The maximum absolute atomic E-state index is 3.60. The van der Waals surface area contributed by atoms with E-state index in [1.165, 1.54) is 56.4 Å². The second-order valence-corrected chi connectivity index (χ2v) is 6.53. The smallest absolute Gasteiger partial charge is 0.0363 e. The summed E-state index contributed by atoms with van der Waals surface area (Å²) in [7, 11) is 2.24. The molecule has 0 saturated heterocycles. The zero-order valence-electron chi connectivity index (χ0n) is 13.4. The Morgan fingerprint density at radius 2 is 1.75 bits per heavy atom. The van der Waals surface area contributed by atoms with E-state index < -0.39 is 0 Å². The number of aryl methyl sites for hydroxylation is 1. The summed E-state index contributed by atoms with van der Waals surface area (Å²) in [6.45, 7) is 7.77. The first-order valence-corrected chi connectivity index (χ1v) is 8.14. The maximum Gasteiger partial charge on any atom is 0.0363 e. The first-order chi connectivity index (χ1) is 9.65. The van der Waals surface area contributed by atoms with Crippen LogP contribution < -0.4 is 10.2 Å². The van der Waals surface area contributed by atoms with Crippen molar-refractivity contribution in [3.8, 4) is 0 Å². The summed E-state index contributed by atoms with van der Waals surface area (Å²) >= 11 is 0. The van der Waals surface area contributed by atoms with Crippen molar-refractivity contribution in [3.63, 3.8) is 0 Å². The molecule has 0 aliphatic heterocycles. The van der Waals surface area contributed by atoms with Crippen molar-refractivity contribution in [2.24, 2.45) is 5.41 Å². The summed E-state index contributed by atoms with van der Waals surface area (Å²) in [5.74, 6) is 0. The van der Waals surface area contributed by atoms with Crippen LogP contribution in [0.25, 0.3) is 0 Å². The minimum Gasteiger partial charge on any atom is -0.374 e. The molecular weight excluding hydrogens is 244 g/mol. The number of nitrogens with one attached hydrogen (secondary N) is 1. The average molecular weight is 274 g/mol. The molecule has 0 unspecified atom stereocenters. The van der Waals surface area contributed by atoms with E-state index in [0.717, 1.165) is 6.54 Å². The molecular formula is C18H30N2. The Balaban J connectivity index is 2.04. The number of nitrogens with zero attached hydrogens (tertiary/aromatic N) is 1. The summed E-state index contributed by atoms with van der Waals surface area (Å²) < 4.78 is 0. The normalized spacial score (nSPS) is 17.9. The van der Waals surface area contributed by atoms with Crippen LogP contribution in [0, 0.1) is 12.3 Å². The second-order valence-electron chi connectivity index (χ2n) is 6.53. The average Bonchev–Trinajstić information content (AvgIpc) is 2.47. The lowest BCUT2D eigenvalue weighted by Crippen LogP contribution is -2.44. The Kier molecular flexibility index (Phi) is 5.47. The van der Waals surface area contributed by atoms with Gasteiger partial charge in [0, 0.05) is 31.2 Å². The van der Waals surface area contributed by atoms with E-state index in [1.54, 1.807) is 0 Å². The number of benzene rings is 1. The van der Waals surface area contributed by atoms with Crippen LogP contribution in [0.15, 0.2) is 24.3 Å². The van der Waals surface area contributed by atoms with Crippen molar-refractivity contribution >= 4 is 5.69 Å². The lowest BCUT2D eigenvalue weighted by Gasteiger charge is -2.41. The van der Waals surface area contributed by atoms with Gasteiger partial charge >= 0.3 is 0 Å². The number of anilines is 1. The van der Waals surface area contributed by atoms with E-state index >= 15 is 0 Å². The third-order valence-electron chi connectivity index (χ3n) is 4.71. The Morgan fingerprint density at radius 3 is 2.35 bits per heavy atom. The van der Waals surface area contributed by atoms with Crippen molar-refractivity contribution in [2.45, 2.75) is 46.0 Å². The van der Waals surface area contributed by atoms with E-state index in [1.807, 2.05) is 0 Å². The maximum atomic E-state index is 3.60. The minimum absolute atomic E-state index is 0.466. The Morgan fingerprint density at radius 1 is 1.10 bits per heavy atom. The summed E-state index contributed by atoms with van der Waals surface area (Å²) in [5, 5.41) is 3.60. The van der Waals surface area contributed by atoms with Gasteiger partial charge in [0.1, 0.15) is 0 Å². The third kappa shape index (κ3) is 3.99. The van der Waals surface area contributed by atoms with E-state index in [9.17, 15) is 0 Å². The fourth-order valence-electron chi connectivity index (χ4n) is 3.48. The largest absolute Gasteiger partial charge is 0.374 e. The van der Waals surface area contributed by atoms with Crippen LogP contribution in [-0.2, 0) is 0 Å². The molecule has 1 aromatic rings. The van der Waals surface area contributed by atoms with E-state index in [4.69, 9.17) is 0 Å². The fraction of sp³-hybridized carbons (Fsp3) is 0.667. The molecule has 0 bridgehead atoms. The molecule has 1 aliphatic rings. The van der Waals surface area contributed by atoms with Crippen molar-refractivity contribution in [1.82, 2.24) is 5.32 Å². The molecule has 0 aromatic heterocycles. The number of hydrogen-bond acceptors (Lipinski definition) is 2. The summed E-state index contributed by atoms with van der Waals surface area (Å²) in [6.07, 6.45) is 6.95. The minimum atomic E-state index is 0.466. The number of rotatable bonds is 6. The van der Waals surface area contributed by atoms with E-state index in [2.05, 4.69) is 55.4 Å². The molecule has 0 heterocycles. The molecule has 20 heavy (non-hydrogen) atoms. The van der Waals surface area contributed by atoms with Crippen LogP contribution >= 0.6 is 0 Å². The van der Waals surface area contributed by atoms with Gasteiger partial charge in [0.15, 0.2) is 0 Å². The molecule has 1 N–H and O–H groups in total. The quantitative estimate of drug-likeness (QED) is 0.843. The molecule has 1 fully saturated rings. The van der Waals surface area contributed by atoms with Gasteiger partial charge in [0.05, 0.1) is 0 Å². The van der Waals surface area contributed by atoms with Crippen LogP contribution in [0.3, 0.4) is 0 Å². The molecule has 0 radical (unpaired) electrons. The van der Waals surface area contributed by atoms with Crippen LogP contribution in [0.4, 0.5) is 5.69 Å². The lowest BCUT2D eigenvalue weighted by molar-refractivity contribution is 0.190. The fourth-order valence-corrected chi connectivity index (χ4v) is 3.48. The topological polar surface area (TPSA) is 15.3 Å². The Labute approximate surface area is 124 Å². The third-order valence-corrected chi connectivity index (χ3v) is 4.71. The van der Waals surface area contributed by atoms with Gasteiger partial charge in [-0.1, -0.05) is 43.9 Å². The van der Waals surface area contributed by atoms with Crippen molar-refractivity contribution < 1.29 is 0 Å². The van der Waals surface area contributed by atoms with E-state index in [-0.39, 0.29) is 0 Å². The first kappa shape index (κ1) is 15.4. The molecule has 1 aliphatic carbocycles. The SMILES string of the molecule is CCNCC1(CN(C)c2ccc(C)cc2)CCCCC1. The molecule has 2 rings (SSSR count). The van der Waals surface area contributed by atoms with Crippen LogP contribution in [0.5, 0.6) is 0 Å². The van der Waals surface area contributed by atoms with Gasteiger partial charge in [0.25, 0.3) is 0 Å². The Bertz CT molecular complexity index is 390. The number of hydrogen-bond donors (Lipinski definition) is 1. The molecule has 1 saturated carbocycles. The molecule has 112 valence electrons. The van der Waals surface area contributed by atoms with Gasteiger partial charge in [-0.15, -0.1) is 0 Å². The molecule has 1 aromatic carbocycles. The van der Waals surface area contributed by atoms with E-state index in [0.29, 0.717) is 5.41 Å². The molecule has 0 spiro atoms. The zero-order chi connectivity index (χ0) is 14.4. The predicted octanol–water partition coefficient (Wildman–Crippen LogP) is 3.99. The molecule has 2 nitrogen and oxygen atoms in total. The van der Waals surface area contributed by atoms with Gasteiger partial charge < -0.3 is 10.2 Å². The summed E-state index contributed by atoms with van der Waals surface area (Å²) in [6, 6.07) is 8.92. The highest BCUT2D eigenvalue weighted by Crippen LogP contribution is 2.37. The van der Waals surface area contributed by atoms with Crippen molar-refractivity contribution in [2.75, 3.05) is 31.6 Å². The van der Waals surface area contributed by atoms with Gasteiger partial charge in [-0.05, 0) is 38.4 Å². The van der Waals surface area contributed by atoms with Gasteiger partial charge in [-0.25, -0.2) is 0 Å². The van der Waals surface area contributed by atoms with Crippen molar-refractivity contribution in [1.29, 1.82) is 0 Å². The highest BCUT2D eigenvalue weighted by atomic mass is 15.1. The van der Waals surface area contributed by atoms with Gasteiger partial charge in [-0.2, -0.15) is 0 Å². The van der Waals surface area contributed by atoms with Gasteiger partial charge in [-0.3, -0.25) is 0 Å². The highest BCUT2D eigenvalue weighted by molar-refractivity contribution is 5.47. The molecule has 0 atom stereocenters. The van der Waals surface area contributed by atoms with Crippen LogP contribution in [0.1, 0.15) is 44.6 Å². The second kappa shape index (κ2) is 7.12. The summed E-state index contributed by atoms with van der Waals surface area (Å²) in [4.78, 5) is 2.45. The lowest BCUT2D eigenvalue weighted by atomic mass is 9.73. The molecule has 0 amide bonds. The monoisotopic (exact) mass is 274 g/mol. The van der Waals surface area contributed by atoms with Crippen LogP contribution in [-0.4, -0.2) is 26.7 Å². The Hall–Kier alpha value is -1.02. The summed E-state index contributed by atoms with van der Waals surface area (Å²) in [5.41, 5.74) is 3.15. The zero-order valence-corrected chi connectivity index (χ0v) is 13.4. The highest BCUT2D eigenvalue weighted by Gasteiger charge is 2.32. The standard InChI is InChI=1S/C18H30N2/c1-4-19-14-18(12-6-5-7-13-18)15-20(3)17-10-8-16(2)9-11-17/h8-11,19H,4-7,12-15H2,1-3H3. The van der Waals surface area contributed by atoms with Crippen molar-refractivity contribution in [3.05, 3.63) is 29.8 Å². The first-order valence-electron chi connectivity index (χ1n) is 8.14. The van der Waals surface area contributed by atoms with Crippen LogP contribution in [0.2, 0.25) is 0 Å². The molecule has 2 heteroatoms. The predicted molar refractivity (Wildman–Crippen MR) is 88.5 cm³/mol.